The average molecular weight is 233 g/mol. The minimum Gasteiger partial charge on any atom is -0.359 e. The summed E-state index contributed by atoms with van der Waals surface area (Å²) >= 11 is 0. The lowest BCUT2D eigenvalue weighted by molar-refractivity contribution is 0.623. The minimum absolute atomic E-state index is 0.193. The molecule has 0 radical (unpaired) electrons. The quantitative estimate of drug-likeness (QED) is 0.853. The van der Waals surface area contributed by atoms with Crippen LogP contribution in [-0.2, 0) is 0 Å². The first kappa shape index (κ1) is 11.3. The number of H-pyrrole nitrogens is 1. The summed E-state index contributed by atoms with van der Waals surface area (Å²) in [4.78, 5) is 17.8. The van der Waals surface area contributed by atoms with Crippen LogP contribution in [-0.4, -0.2) is 9.97 Å². The molecule has 5 heteroatoms. The molecule has 2 N–H and O–H groups in total. The fourth-order valence-corrected chi connectivity index (χ4v) is 1.52. The predicted octanol–water partition coefficient (Wildman–Crippen LogP) is 2.08. The van der Waals surface area contributed by atoms with Crippen molar-refractivity contribution in [1.29, 1.82) is 0 Å². The van der Waals surface area contributed by atoms with E-state index in [1.807, 2.05) is 6.92 Å². The zero-order valence-electron chi connectivity index (χ0n) is 9.27. The van der Waals surface area contributed by atoms with Crippen LogP contribution in [0.5, 0.6) is 0 Å². The van der Waals surface area contributed by atoms with Gasteiger partial charge in [-0.05, 0) is 24.6 Å². The molecular weight excluding hydrogens is 221 g/mol. The van der Waals surface area contributed by atoms with E-state index in [0.717, 1.165) is 5.56 Å². The van der Waals surface area contributed by atoms with E-state index >= 15 is 0 Å². The Morgan fingerprint density at radius 2 is 2.29 bits per heavy atom. The molecule has 17 heavy (non-hydrogen) atoms. The van der Waals surface area contributed by atoms with Crippen molar-refractivity contribution in [2.75, 3.05) is 5.32 Å². The van der Waals surface area contributed by atoms with E-state index in [1.54, 1.807) is 12.1 Å². The first-order valence-electron chi connectivity index (χ1n) is 5.22. The zero-order valence-corrected chi connectivity index (χ0v) is 9.27. The van der Waals surface area contributed by atoms with Gasteiger partial charge in [0, 0.05) is 12.4 Å². The molecule has 1 aromatic carbocycles. The van der Waals surface area contributed by atoms with Crippen molar-refractivity contribution in [3.63, 3.8) is 0 Å². The van der Waals surface area contributed by atoms with Gasteiger partial charge in [-0.15, -0.1) is 0 Å². The maximum Gasteiger partial charge on any atom is 0.290 e. The van der Waals surface area contributed by atoms with Crippen LogP contribution in [0.4, 0.5) is 10.2 Å². The lowest BCUT2D eigenvalue weighted by Gasteiger charge is -2.13. The minimum atomic E-state index is -0.300. The molecule has 0 saturated carbocycles. The Kier molecular flexibility index (Phi) is 3.18. The summed E-state index contributed by atoms with van der Waals surface area (Å²) in [6.45, 7) is 1.84. The summed E-state index contributed by atoms with van der Waals surface area (Å²) < 4.78 is 13.0. The second-order valence-electron chi connectivity index (χ2n) is 3.69. The van der Waals surface area contributed by atoms with Crippen LogP contribution in [0.1, 0.15) is 18.5 Å². The van der Waals surface area contributed by atoms with E-state index in [4.69, 9.17) is 0 Å². The van der Waals surface area contributed by atoms with Gasteiger partial charge in [0.25, 0.3) is 5.56 Å². The molecule has 0 aliphatic heterocycles. The van der Waals surface area contributed by atoms with Gasteiger partial charge < -0.3 is 10.3 Å². The Balaban J connectivity index is 2.20. The van der Waals surface area contributed by atoms with E-state index in [2.05, 4.69) is 15.3 Å². The summed E-state index contributed by atoms with van der Waals surface area (Å²) in [7, 11) is 0. The number of aromatic nitrogens is 2. The van der Waals surface area contributed by atoms with Gasteiger partial charge in [0.1, 0.15) is 5.82 Å². The fraction of sp³-hybridized carbons (Fsp3) is 0.167. The first-order valence-corrected chi connectivity index (χ1v) is 5.22. The summed E-state index contributed by atoms with van der Waals surface area (Å²) in [5, 5.41) is 2.93. The van der Waals surface area contributed by atoms with Crippen LogP contribution >= 0.6 is 0 Å². The lowest BCUT2D eigenvalue weighted by atomic mass is 10.1. The van der Waals surface area contributed by atoms with Crippen molar-refractivity contribution >= 4 is 5.82 Å². The van der Waals surface area contributed by atoms with Gasteiger partial charge in [-0.3, -0.25) is 4.79 Å². The number of benzene rings is 1. The molecule has 88 valence electrons. The molecule has 1 heterocycles. The number of halogens is 1. The topological polar surface area (TPSA) is 57.8 Å². The monoisotopic (exact) mass is 233 g/mol. The number of rotatable bonds is 3. The van der Waals surface area contributed by atoms with Crippen LogP contribution in [0.2, 0.25) is 0 Å². The molecule has 4 nitrogen and oxygen atoms in total. The molecule has 0 saturated heterocycles. The summed E-state index contributed by atoms with van der Waals surface area (Å²) in [6.07, 6.45) is 2.95. The van der Waals surface area contributed by atoms with Crippen molar-refractivity contribution in [3.05, 3.63) is 58.4 Å². The molecule has 0 bridgehead atoms. The van der Waals surface area contributed by atoms with Crippen LogP contribution in [0, 0.1) is 5.82 Å². The van der Waals surface area contributed by atoms with E-state index in [9.17, 15) is 9.18 Å². The molecule has 2 aromatic rings. The Labute approximate surface area is 97.5 Å². The van der Waals surface area contributed by atoms with Gasteiger partial charge in [-0.1, -0.05) is 12.1 Å². The van der Waals surface area contributed by atoms with Crippen molar-refractivity contribution < 1.29 is 4.39 Å². The highest BCUT2D eigenvalue weighted by Gasteiger charge is 2.08. The van der Waals surface area contributed by atoms with Gasteiger partial charge in [-0.25, -0.2) is 9.37 Å². The van der Waals surface area contributed by atoms with E-state index < -0.39 is 0 Å². The Morgan fingerprint density at radius 1 is 1.47 bits per heavy atom. The molecular formula is C12H12FN3O. The lowest BCUT2D eigenvalue weighted by Crippen LogP contribution is -2.17. The number of hydrogen-bond donors (Lipinski definition) is 2. The van der Waals surface area contributed by atoms with E-state index in [-0.39, 0.29) is 23.2 Å². The standard InChI is InChI=1S/C12H12FN3O/c1-8(9-3-2-4-10(13)7-9)16-11-12(17)15-6-5-14-11/h2-8H,1H3,(H,14,16)(H,15,17). The highest BCUT2D eigenvalue weighted by molar-refractivity contribution is 5.35. The van der Waals surface area contributed by atoms with Crippen molar-refractivity contribution in [3.8, 4) is 0 Å². The van der Waals surface area contributed by atoms with E-state index in [0.29, 0.717) is 0 Å². The molecule has 1 aromatic heterocycles. The van der Waals surface area contributed by atoms with Crippen molar-refractivity contribution in [1.82, 2.24) is 9.97 Å². The van der Waals surface area contributed by atoms with Gasteiger partial charge in [0.15, 0.2) is 5.82 Å². The number of nitrogens with zero attached hydrogens (tertiary/aromatic N) is 1. The molecule has 1 atom stereocenters. The third kappa shape index (κ3) is 2.69. The molecule has 0 spiro atoms. The van der Waals surface area contributed by atoms with Crippen molar-refractivity contribution in [2.45, 2.75) is 13.0 Å². The Bertz CT molecular complexity index is 567. The van der Waals surface area contributed by atoms with Crippen LogP contribution < -0.4 is 10.9 Å². The highest BCUT2D eigenvalue weighted by atomic mass is 19.1. The molecule has 0 aliphatic rings. The smallest absolute Gasteiger partial charge is 0.290 e. The maximum absolute atomic E-state index is 13.0. The Hall–Kier alpha value is -2.17. The molecule has 0 amide bonds. The largest absolute Gasteiger partial charge is 0.359 e. The van der Waals surface area contributed by atoms with Crippen LogP contribution in [0.25, 0.3) is 0 Å². The van der Waals surface area contributed by atoms with Gasteiger partial charge in [0.05, 0.1) is 6.04 Å². The third-order valence-electron chi connectivity index (χ3n) is 2.41. The fourth-order valence-electron chi connectivity index (χ4n) is 1.52. The van der Waals surface area contributed by atoms with Crippen molar-refractivity contribution in [2.24, 2.45) is 0 Å². The molecule has 2 rings (SSSR count). The predicted molar refractivity (Wildman–Crippen MR) is 63.3 cm³/mol. The number of nitrogens with one attached hydrogen (secondary N) is 2. The average Bonchev–Trinajstić information content (AvgIpc) is 2.32. The summed E-state index contributed by atoms with van der Waals surface area (Å²) in [5.41, 5.74) is 0.464. The second kappa shape index (κ2) is 4.78. The number of aromatic amines is 1. The van der Waals surface area contributed by atoms with Gasteiger partial charge >= 0.3 is 0 Å². The third-order valence-corrected chi connectivity index (χ3v) is 2.41. The molecule has 0 aliphatic carbocycles. The number of hydrogen-bond acceptors (Lipinski definition) is 3. The Morgan fingerprint density at radius 3 is 3.00 bits per heavy atom. The zero-order chi connectivity index (χ0) is 12.3. The second-order valence-corrected chi connectivity index (χ2v) is 3.69. The van der Waals surface area contributed by atoms with Gasteiger partial charge in [-0.2, -0.15) is 0 Å². The molecule has 1 unspecified atom stereocenters. The van der Waals surface area contributed by atoms with E-state index in [1.165, 1.54) is 24.5 Å². The summed E-state index contributed by atoms with van der Waals surface area (Å²) in [6, 6.07) is 6.03. The van der Waals surface area contributed by atoms with Crippen LogP contribution in [0.3, 0.4) is 0 Å². The highest BCUT2D eigenvalue weighted by Crippen LogP contribution is 2.16. The maximum atomic E-state index is 13.0. The molecule has 0 fully saturated rings. The summed E-state index contributed by atoms with van der Waals surface area (Å²) in [5.74, 6) is -0.0738. The van der Waals surface area contributed by atoms with Crippen LogP contribution in [0.15, 0.2) is 41.5 Å². The normalized spacial score (nSPS) is 12.1. The first-order chi connectivity index (χ1) is 8.16. The number of anilines is 1. The SMILES string of the molecule is CC(Nc1ncc[nH]c1=O)c1cccc(F)c1. The van der Waals surface area contributed by atoms with Gasteiger partial charge in [0.2, 0.25) is 0 Å².